The van der Waals surface area contributed by atoms with Crippen LogP contribution in [-0.2, 0) is 4.79 Å². The van der Waals surface area contributed by atoms with Crippen molar-refractivity contribution in [3.8, 4) is 0 Å². The molecular formula is C11H18N4O2S. The van der Waals surface area contributed by atoms with Gasteiger partial charge in [0.25, 0.3) is 0 Å². The summed E-state index contributed by atoms with van der Waals surface area (Å²) in [5.41, 5.74) is 0.796. The van der Waals surface area contributed by atoms with E-state index in [2.05, 4.69) is 15.5 Å². The van der Waals surface area contributed by atoms with E-state index in [0.717, 1.165) is 19.4 Å². The van der Waals surface area contributed by atoms with E-state index in [4.69, 9.17) is 0 Å². The Hall–Kier alpha value is -1.05. The van der Waals surface area contributed by atoms with Crippen LogP contribution in [0.1, 0.15) is 26.7 Å². The first-order valence-corrected chi connectivity index (χ1v) is 6.87. The maximum atomic E-state index is 11.8. The van der Waals surface area contributed by atoms with Crippen molar-refractivity contribution in [3.05, 3.63) is 5.51 Å². The summed E-state index contributed by atoms with van der Waals surface area (Å²) in [6.07, 6.45) is 1.94. The Bertz CT molecular complexity index is 402. The molecule has 1 aromatic heterocycles. The Balaban J connectivity index is 1.90. The van der Waals surface area contributed by atoms with Crippen molar-refractivity contribution in [1.29, 1.82) is 0 Å². The van der Waals surface area contributed by atoms with Crippen LogP contribution in [0.15, 0.2) is 5.51 Å². The van der Waals surface area contributed by atoms with Gasteiger partial charge in [0, 0.05) is 6.04 Å². The molecule has 2 N–H and O–H groups in total. The minimum absolute atomic E-state index is 0.0395. The average molecular weight is 270 g/mol. The van der Waals surface area contributed by atoms with E-state index >= 15 is 0 Å². The van der Waals surface area contributed by atoms with E-state index in [-0.39, 0.29) is 18.5 Å². The largest absolute Gasteiger partial charge is 0.389 e. The summed E-state index contributed by atoms with van der Waals surface area (Å²) in [4.78, 5) is 13.9. The minimum Gasteiger partial charge on any atom is -0.389 e. The molecule has 0 aliphatic carbocycles. The summed E-state index contributed by atoms with van der Waals surface area (Å²) < 4.78 is 0. The molecule has 1 atom stereocenters. The first kappa shape index (κ1) is 13.4. The fourth-order valence-corrected chi connectivity index (χ4v) is 2.85. The van der Waals surface area contributed by atoms with Crippen LogP contribution in [-0.4, -0.2) is 50.8 Å². The smallest absolute Gasteiger partial charge is 0.240 e. The number of anilines is 1. The van der Waals surface area contributed by atoms with Crippen LogP contribution in [0.3, 0.4) is 0 Å². The third kappa shape index (κ3) is 3.24. The lowest BCUT2D eigenvalue weighted by Gasteiger charge is -2.33. The summed E-state index contributed by atoms with van der Waals surface area (Å²) in [5, 5.41) is 20.7. The Kier molecular flexibility index (Phi) is 3.94. The van der Waals surface area contributed by atoms with Gasteiger partial charge in [0.05, 0.1) is 12.1 Å². The lowest BCUT2D eigenvalue weighted by Crippen LogP contribution is -2.48. The van der Waals surface area contributed by atoms with Crippen molar-refractivity contribution in [1.82, 2.24) is 15.1 Å². The summed E-state index contributed by atoms with van der Waals surface area (Å²) in [6.45, 7) is 4.71. The zero-order valence-corrected chi connectivity index (χ0v) is 11.4. The van der Waals surface area contributed by atoms with Crippen LogP contribution in [0.5, 0.6) is 0 Å². The number of hydrogen-bond donors (Lipinski definition) is 2. The molecule has 0 radical (unpaired) electrons. The number of carbonyl (C=O) groups is 1. The standard InChI is InChI=1S/C11H18N4O2S/c1-11(2,17)8-4-3-5-15(8)6-9(16)13-10-14-12-7-18-10/h7-8,17H,3-6H2,1-2H3,(H,13,14,16). The molecule has 100 valence electrons. The van der Waals surface area contributed by atoms with Crippen LogP contribution < -0.4 is 5.32 Å². The molecule has 6 nitrogen and oxygen atoms in total. The van der Waals surface area contributed by atoms with Crippen LogP contribution >= 0.6 is 11.3 Å². The summed E-state index contributed by atoms with van der Waals surface area (Å²) in [6, 6.07) is 0.0395. The van der Waals surface area contributed by atoms with Gasteiger partial charge in [0.1, 0.15) is 5.51 Å². The van der Waals surface area contributed by atoms with Gasteiger partial charge in [-0.15, -0.1) is 10.2 Å². The van der Waals surface area contributed by atoms with Crippen LogP contribution in [0.2, 0.25) is 0 Å². The van der Waals surface area contributed by atoms with Gasteiger partial charge in [-0.2, -0.15) is 0 Å². The first-order valence-electron chi connectivity index (χ1n) is 5.99. The lowest BCUT2D eigenvalue weighted by molar-refractivity contribution is -0.118. The van der Waals surface area contributed by atoms with Gasteiger partial charge in [0.2, 0.25) is 11.0 Å². The second-order valence-electron chi connectivity index (χ2n) is 5.07. The predicted molar refractivity (Wildman–Crippen MR) is 69.4 cm³/mol. The number of aromatic nitrogens is 2. The van der Waals surface area contributed by atoms with Crippen LogP contribution in [0.25, 0.3) is 0 Å². The number of aliphatic hydroxyl groups is 1. The van der Waals surface area contributed by atoms with Gasteiger partial charge in [-0.05, 0) is 33.2 Å². The van der Waals surface area contributed by atoms with Crippen molar-refractivity contribution < 1.29 is 9.90 Å². The van der Waals surface area contributed by atoms with Crippen molar-refractivity contribution >= 4 is 22.4 Å². The predicted octanol–water partition coefficient (Wildman–Crippen LogP) is 0.712. The number of hydrogen-bond acceptors (Lipinski definition) is 6. The van der Waals surface area contributed by atoms with E-state index < -0.39 is 5.60 Å². The zero-order valence-electron chi connectivity index (χ0n) is 10.6. The third-order valence-corrected chi connectivity index (χ3v) is 3.74. The highest BCUT2D eigenvalue weighted by Gasteiger charge is 2.36. The van der Waals surface area contributed by atoms with Gasteiger partial charge in [-0.1, -0.05) is 11.3 Å². The number of nitrogens with one attached hydrogen (secondary N) is 1. The highest BCUT2D eigenvalue weighted by atomic mass is 32.1. The Labute approximate surface area is 110 Å². The molecule has 2 rings (SSSR count). The van der Waals surface area contributed by atoms with E-state index in [1.54, 1.807) is 19.4 Å². The molecule has 1 aliphatic heterocycles. The minimum atomic E-state index is -0.778. The van der Waals surface area contributed by atoms with Gasteiger partial charge < -0.3 is 5.11 Å². The van der Waals surface area contributed by atoms with Crippen molar-refractivity contribution in [2.45, 2.75) is 38.3 Å². The molecule has 18 heavy (non-hydrogen) atoms. The fraction of sp³-hybridized carbons (Fsp3) is 0.727. The van der Waals surface area contributed by atoms with E-state index in [9.17, 15) is 9.90 Å². The molecule has 1 saturated heterocycles. The van der Waals surface area contributed by atoms with Gasteiger partial charge >= 0.3 is 0 Å². The van der Waals surface area contributed by atoms with Crippen molar-refractivity contribution in [2.24, 2.45) is 0 Å². The second-order valence-corrected chi connectivity index (χ2v) is 5.91. The Morgan fingerprint density at radius 1 is 1.72 bits per heavy atom. The lowest BCUT2D eigenvalue weighted by atomic mass is 9.97. The molecule has 1 aromatic rings. The van der Waals surface area contributed by atoms with Gasteiger partial charge in [-0.25, -0.2) is 0 Å². The average Bonchev–Trinajstić information content (AvgIpc) is 2.87. The molecule has 0 aromatic carbocycles. The number of carbonyl (C=O) groups excluding carboxylic acids is 1. The maximum absolute atomic E-state index is 11.8. The number of nitrogens with zero attached hydrogens (tertiary/aromatic N) is 3. The molecular weight excluding hydrogens is 252 g/mol. The number of likely N-dealkylation sites (tertiary alicyclic amines) is 1. The SMILES string of the molecule is CC(C)(O)C1CCCN1CC(=O)Nc1nncs1. The van der Waals surface area contributed by atoms with Crippen LogP contribution in [0.4, 0.5) is 5.13 Å². The van der Waals surface area contributed by atoms with Gasteiger partial charge in [0.15, 0.2) is 0 Å². The summed E-state index contributed by atoms with van der Waals surface area (Å²) in [7, 11) is 0. The molecule has 1 unspecified atom stereocenters. The van der Waals surface area contributed by atoms with E-state index in [1.165, 1.54) is 11.3 Å². The molecule has 1 amide bonds. The maximum Gasteiger partial charge on any atom is 0.240 e. The summed E-state index contributed by atoms with van der Waals surface area (Å²) in [5.74, 6) is -0.108. The molecule has 1 aliphatic rings. The quantitative estimate of drug-likeness (QED) is 0.842. The normalized spacial score (nSPS) is 21.2. The highest BCUT2D eigenvalue weighted by molar-refractivity contribution is 7.13. The summed E-state index contributed by atoms with van der Waals surface area (Å²) >= 11 is 1.29. The third-order valence-electron chi connectivity index (χ3n) is 3.13. The van der Waals surface area contributed by atoms with Crippen molar-refractivity contribution in [2.75, 3.05) is 18.4 Å². The molecule has 0 spiro atoms. The van der Waals surface area contributed by atoms with Crippen molar-refractivity contribution in [3.63, 3.8) is 0 Å². The van der Waals surface area contributed by atoms with E-state index in [0.29, 0.717) is 5.13 Å². The second kappa shape index (κ2) is 5.29. The van der Waals surface area contributed by atoms with Crippen LogP contribution in [0, 0.1) is 0 Å². The Morgan fingerprint density at radius 2 is 2.50 bits per heavy atom. The topological polar surface area (TPSA) is 78.4 Å². The zero-order chi connectivity index (χ0) is 13.2. The molecule has 1 fully saturated rings. The monoisotopic (exact) mass is 270 g/mol. The molecule has 2 heterocycles. The first-order chi connectivity index (χ1) is 8.47. The molecule has 0 bridgehead atoms. The van der Waals surface area contributed by atoms with E-state index in [1.807, 2.05) is 4.90 Å². The highest BCUT2D eigenvalue weighted by Crippen LogP contribution is 2.26. The molecule has 0 saturated carbocycles. The number of amides is 1. The fourth-order valence-electron chi connectivity index (χ4n) is 2.39. The molecule has 7 heteroatoms. The number of rotatable bonds is 4. The van der Waals surface area contributed by atoms with Gasteiger partial charge in [-0.3, -0.25) is 15.0 Å². The Morgan fingerprint density at radius 3 is 3.11 bits per heavy atom.